The molecule has 0 heterocycles. The van der Waals surface area contributed by atoms with Gasteiger partial charge in [0.1, 0.15) is 0 Å². The van der Waals surface area contributed by atoms with Crippen LogP contribution in [0.25, 0.3) is 0 Å². The minimum absolute atomic E-state index is 1.02. The SMILES string of the molecule is CCC/C=C(/C=NCCCCCCCCCCCCCCCCCCCCC)CC. The maximum Gasteiger partial charge on any atom is 0.0389 e. The summed E-state index contributed by atoms with van der Waals surface area (Å²) in [5, 5.41) is 0. The summed E-state index contributed by atoms with van der Waals surface area (Å²) in [5.74, 6) is 0. The molecule has 1 heteroatoms. The Morgan fingerprint density at radius 2 is 0.900 bits per heavy atom. The van der Waals surface area contributed by atoms with Crippen LogP contribution in [0.5, 0.6) is 0 Å². The highest BCUT2D eigenvalue weighted by Gasteiger charge is 1.95. The average Bonchev–Trinajstić information content (AvgIpc) is 2.76. The van der Waals surface area contributed by atoms with Crippen LogP contribution in [-0.2, 0) is 0 Å². The van der Waals surface area contributed by atoms with Gasteiger partial charge in [-0.25, -0.2) is 0 Å². The first kappa shape index (κ1) is 29.4. The van der Waals surface area contributed by atoms with Crippen LogP contribution in [0.15, 0.2) is 16.6 Å². The molecule has 0 saturated carbocycles. The Morgan fingerprint density at radius 1 is 0.500 bits per heavy atom. The summed E-state index contributed by atoms with van der Waals surface area (Å²) in [6.07, 6.45) is 35.4. The summed E-state index contributed by atoms with van der Waals surface area (Å²) < 4.78 is 0. The molecule has 0 aliphatic rings. The van der Waals surface area contributed by atoms with Crippen LogP contribution >= 0.6 is 0 Å². The summed E-state index contributed by atoms with van der Waals surface area (Å²) in [7, 11) is 0. The van der Waals surface area contributed by atoms with Crippen molar-refractivity contribution in [2.75, 3.05) is 6.54 Å². The Hall–Kier alpha value is -0.590. The Bertz CT molecular complexity index is 369. The van der Waals surface area contributed by atoms with Crippen molar-refractivity contribution < 1.29 is 0 Å². The lowest BCUT2D eigenvalue weighted by Gasteiger charge is -2.04. The largest absolute Gasteiger partial charge is 0.293 e. The Kier molecular flexibility index (Phi) is 25.9. The van der Waals surface area contributed by atoms with Crippen LogP contribution < -0.4 is 0 Å². The highest BCUT2D eigenvalue weighted by Crippen LogP contribution is 2.14. The number of hydrogen-bond donors (Lipinski definition) is 0. The minimum Gasteiger partial charge on any atom is -0.293 e. The van der Waals surface area contributed by atoms with Gasteiger partial charge in [-0.1, -0.05) is 149 Å². The molecule has 0 aliphatic carbocycles. The quantitative estimate of drug-likeness (QED) is 0.109. The van der Waals surface area contributed by atoms with E-state index in [9.17, 15) is 0 Å². The third-order valence-corrected chi connectivity index (χ3v) is 6.25. The third-order valence-electron chi connectivity index (χ3n) is 6.25. The van der Waals surface area contributed by atoms with Gasteiger partial charge in [0.25, 0.3) is 0 Å². The van der Waals surface area contributed by atoms with Gasteiger partial charge in [-0.15, -0.1) is 0 Å². The lowest BCUT2D eigenvalue weighted by atomic mass is 10.0. The van der Waals surface area contributed by atoms with Gasteiger partial charge < -0.3 is 0 Å². The first-order valence-electron chi connectivity index (χ1n) is 14.0. The van der Waals surface area contributed by atoms with E-state index in [2.05, 4.69) is 38.1 Å². The van der Waals surface area contributed by atoms with E-state index < -0.39 is 0 Å². The molecular weight excluding hydrogens is 362 g/mol. The summed E-state index contributed by atoms with van der Waals surface area (Å²) in [5.41, 5.74) is 1.41. The van der Waals surface area contributed by atoms with Crippen molar-refractivity contribution in [2.24, 2.45) is 4.99 Å². The summed E-state index contributed by atoms with van der Waals surface area (Å²) >= 11 is 0. The zero-order chi connectivity index (χ0) is 22.0. The molecule has 0 bridgehead atoms. The minimum atomic E-state index is 1.02. The molecule has 0 spiro atoms. The predicted molar refractivity (Wildman–Crippen MR) is 140 cm³/mol. The van der Waals surface area contributed by atoms with Crippen LogP contribution in [0.4, 0.5) is 0 Å². The highest BCUT2D eigenvalue weighted by molar-refractivity contribution is 5.78. The lowest BCUT2D eigenvalue weighted by molar-refractivity contribution is 0.524. The second-order valence-corrected chi connectivity index (χ2v) is 9.32. The smallest absolute Gasteiger partial charge is 0.0389 e. The summed E-state index contributed by atoms with van der Waals surface area (Å²) in [6.45, 7) is 7.78. The van der Waals surface area contributed by atoms with Crippen LogP contribution in [0.3, 0.4) is 0 Å². The van der Waals surface area contributed by atoms with Crippen molar-refractivity contribution in [1.29, 1.82) is 0 Å². The summed E-state index contributed by atoms with van der Waals surface area (Å²) in [4.78, 5) is 4.62. The fourth-order valence-electron chi connectivity index (χ4n) is 4.08. The van der Waals surface area contributed by atoms with Crippen LogP contribution in [-0.4, -0.2) is 12.8 Å². The first-order valence-corrected chi connectivity index (χ1v) is 14.0. The first-order chi connectivity index (χ1) is 14.8. The fourth-order valence-corrected chi connectivity index (χ4v) is 4.08. The second kappa shape index (κ2) is 26.4. The van der Waals surface area contributed by atoms with Crippen LogP contribution in [0.1, 0.15) is 162 Å². The van der Waals surface area contributed by atoms with Crippen LogP contribution in [0.2, 0.25) is 0 Å². The molecule has 30 heavy (non-hydrogen) atoms. The van der Waals surface area contributed by atoms with Crippen molar-refractivity contribution in [3.05, 3.63) is 11.6 Å². The molecule has 0 unspecified atom stereocenters. The molecule has 0 aliphatic heterocycles. The van der Waals surface area contributed by atoms with Crippen molar-refractivity contribution >= 4 is 6.21 Å². The average molecular weight is 420 g/mol. The molecule has 1 nitrogen and oxygen atoms in total. The van der Waals surface area contributed by atoms with Gasteiger partial charge >= 0.3 is 0 Å². The number of rotatable bonds is 24. The highest BCUT2D eigenvalue weighted by atomic mass is 14.7. The molecular formula is C29H57N. The van der Waals surface area contributed by atoms with Gasteiger partial charge in [-0.3, -0.25) is 4.99 Å². The van der Waals surface area contributed by atoms with E-state index in [0.717, 1.165) is 13.0 Å². The van der Waals surface area contributed by atoms with Crippen molar-refractivity contribution in [3.8, 4) is 0 Å². The zero-order valence-electron chi connectivity index (χ0n) is 21.4. The van der Waals surface area contributed by atoms with Crippen molar-refractivity contribution in [3.63, 3.8) is 0 Å². The fraction of sp³-hybridized carbons (Fsp3) is 0.897. The summed E-state index contributed by atoms with van der Waals surface area (Å²) in [6, 6.07) is 0. The van der Waals surface area contributed by atoms with Gasteiger partial charge in [0, 0.05) is 12.8 Å². The molecule has 0 aromatic heterocycles. The van der Waals surface area contributed by atoms with E-state index in [0.29, 0.717) is 0 Å². The Balaban J connectivity index is 3.19. The predicted octanol–water partition coefficient (Wildman–Crippen LogP) is 10.6. The van der Waals surface area contributed by atoms with Crippen molar-refractivity contribution in [1.82, 2.24) is 0 Å². The molecule has 0 atom stereocenters. The van der Waals surface area contributed by atoms with Gasteiger partial charge in [-0.2, -0.15) is 0 Å². The molecule has 0 aromatic rings. The standard InChI is InChI=1S/C29H57N/c1-4-7-9-10-11-12-13-14-15-16-17-18-19-20-21-22-23-24-25-27-30-28-29(6-3)26-8-5-2/h26,28H,4-25,27H2,1-3H3/b29-26+,30-28?. The zero-order valence-corrected chi connectivity index (χ0v) is 21.4. The number of allylic oxidation sites excluding steroid dienone is 2. The van der Waals surface area contributed by atoms with E-state index in [1.54, 1.807) is 0 Å². The number of unbranched alkanes of at least 4 members (excludes halogenated alkanes) is 19. The lowest BCUT2D eigenvalue weighted by Crippen LogP contribution is -1.88. The number of nitrogens with zero attached hydrogens (tertiary/aromatic N) is 1. The monoisotopic (exact) mass is 419 g/mol. The molecule has 178 valence electrons. The van der Waals surface area contributed by atoms with E-state index in [4.69, 9.17) is 0 Å². The molecule has 0 rings (SSSR count). The molecule has 0 radical (unpaired) electrons. The van der Waals surface area contributed by atoms with E-state index in [1.165, 1.54) is 140 Å². The Labute approximate surface area is 191 Å². The van der Waals surface area contributed by atoms with E-state index in [-0.39, 0.29) is 0 Å². The molecule has 0 amide bonds. The topological polar surface area (TPSA) is 12.4 Å². The molecule has 0 N–H and O–H groups in total. The van der Waals surface area contributed by atoms with Gasteiger partial charge in [0.2, 0.25) is 0 Å². The Morgan fingerprint density at radius 3 is 1.27 bits per heavy atom. The van der Waals surface area contributed by atoms with Gasteiger partial charge in [0.05, 0.1) is 0 Å². The van der Waals surface area contributed by atoms with Crippen molar-refractivity contribution in [2.45, 2.75) is 162 Å². The third kappa shape index (κ3) is 23.7. The maximum absolute atomic E-state index is 4.62. The molecule has 0 saturated heterocycles. The van der Waals surface area contributed by atoms with E-state index in [1.807, 2.05) is 0 Å². The van der Waals surface area contributed by atoms with E-state index >= 15 is 0 Å². The number of hydrogen-bond acceptors (Lipinski definition) is 1. The normalized spacial score (nSPS) is 12.3. The maximum atomic E-state index is 4.62. The van der Waals surface area contributed by atoms with Crippen LogP contribution in [0, 0.1) is 0 Å². The van der Waals surface area contributed by atoms with Gasteiger partial charge in [-0.05, 0) is 24.8 Å². The molecule has 0 fully saturated rings. The second-order valence-electron chi connectivity index (χ2n) is 9.32. The molecule has 0 aromatic carbocycles. The van der Waals surface area contributed by atoms with Gasteiger partial charge in [0.15, 0.2) is 0 Å². The number of aliphatic imine (C=N–C) groups is 1.